The van der Waals surface area contributed by atoms with E-state index < -0.39 is 0 Å². The molecule has 2 N–H and O–H groups in total. The fourth-order valence-electron chi connectivity index (χ4n) is 1.67. The minimum Gasteiger partial charge on any atom is -0.396 e. The van der Waals surface area contributed by atoms with Crippen LogP contribution in [0, 0.1) is 0 Å². The maximum atomic E-state index is 12.0. The number of aliphatic hydroxyl groups excluding tert-OH is 1. The number of nitrogens with one attached hydrogen (secondary N) is 1. The fourth-order valence-corrected chi connectivity index (χ4v) is 1.67. The predicted molar refractivity (Wildman–Crippen MR) is 65.9 cm³/mol. The lowest BCUT2D eigenvalue weighted by atomic mass is 10.2. The number of nitrogens with zero attached hydrogens (tertiary/aromatic N) is 2. The van der Waals surface area contributed by atoms with E-state index >= 15 is 0 Å². The average molecular weight is 239 g/mol. The molecule has 1 atom stereocenters. The van der Waals surface area contributed by atoms with E-state index in [1.54, 1.807) is 16.9 Å². The molecular formula is C12H21N3O2. The minimum atomic E-state index is -0.110. The molecule has 1 rings (SSSR count). The highest BCUT2D eigenvalue weighted by molar-refractivity contribution is 5.92. The quantitative estimate of drug-likeness (QED) is 0.787. The van der Waals surface area contributed by atoms with Crippen LogP contribution in [0.2, 0.25) is 0 Å². The van der Waals surface area contributed by atoms with E-state index in [0.29, 0.717) is 12.1 Å². The van der Waals surface area contributed by atoms with Crippen LogP contribution in [-0.2, 0) is 0 Å². The summed E-state index contributed by atoms with van der Waals surface area (Å²) in [4.78, 5) is 12.0. The lowest BCUT2D eigenvalue weighted by Gasteiger charge is -2.15. The van der Waals surface area contributed by atoms with Gasteiger partial charge in [0, 0.05) is 24.9 Å². The summed E-state index contributed by atoms with van der Waals surface area (Å²) in [6, 6.07) is 1.94. The van der Waals surface area contributed by atoms with Crippen molar-refractivity contribution in [2.24, 2.45) is 0 Å². The molecule has 17 heavy (non-hydrogen) atoms. The third kappa shape index (κ3) is 3.85. The van der Waals surface area contributed by atoms with Gasteiger partial charge in [0.2, 0.25) is 0 Å². The van der Waals surface area contributed by atoms with E-state index in [-0.39, 0.29) is 24.6 Å². The lowest BCUT2D eigenvalue weighted by molar-refractivity contribution is 0.0923. The van der Waals surface area contributed by atoms with Crippen molar-refractivity contribution < 1.29 is 9.90 Å². The summed E-state index contributed by atoms with van der Waals surface area (Å²) in [5.74, 6) is -0.110. The molecule has 0 saturated carbocycles. The second-order valence-corrected chi connectivity index (χ2v) is 4.50. The average Bonchev–Trinajstić information content (AvgIpc) is 2.75. The molecule has 0 radical (unpaired) electrons. The van der Waals surface area contributed by atoms with Gasteiger partial charge in [-0.2, -0.15) is 5.10 Å². The first-order chi connectivity index (χ1) is 8.06. The second-order valence-electron chi connectivity index (χ2n) is 4.50. The molecule has 96 valence electrons. The maximum absolute atomic E-state index is 12.0. The summed E-state index contributed by atoms with van der Waals surface area (Å²) >= 11 is 0. The molecule has 1 amide bonds. The van der Waals surface area contributed by atoms with Gasteiger partial charge < -0.3 is 10.4 Å². The minimum absolute atomic E-state index is 0.0603. The van der Waals surface area contributed by atoms with Gasteiger partial charge in [0.15, 0.2) is 0 Å². The highest BCUT2D eigenvalue weighted by Crippen LogP contribution is 2.08. The molecule has 0 aliphatic rings. The van der Waals surface area contributed by atoms with Crippen LogP contribution < -0.4 is 5.32 Å². The number of rotatable bonds is 6. The summed E-state index contributed by atoms with van der Waals surface area (Å²) in [6.07, 6.45) is 3.11. The van der Waals surface area contributed by atoms with Crippen molar-refractivity contribution in [1.29, 1.82) is 0 Å². The highest BCUT2D eigenvalue weighted by Gasteiger charge is 2.15. The highest BCUT2D eigenvalue weighted by atomic mass is 16.3. The largest absolute Gasteiger partial charge is 0.396 e. The summed E-state index contributed by atoms with van der Waals surface area (Å²) in [5.41, 5.74) is 0.579. The van der Waals surface area contributed by atoms with Gasteiger partial charge in [-0.1, -0.05) is 0 Å². The SMILES string of the molecule is CC(CCCO)NC(=O)c1ccnn1C(C)C. The summed E-state index contributed by atoms with van der Waals surface area (Å²) in [7, 11) is 0. The van der Waals surface area contributed by atoms with E-state index in [2.05, 4.69) is 10.4 Å². The van der Waals surface area contributed by atoms with E-state index in [9.17, 15) is 4.79 Å². The van der Waals surface area contributed by atoms with Crippen molar-refractivity contribution in [3.63, 3.8) is 0 Å². The smallest absolute Gasteiger partial charge is 0.269 e. The Morgan fingerprint density at radius 2 is 2.24 bits per heavy atom. The van der Waals surface area contributed by atoms with Crippen molar-refractivity contribution in [1.82, 2.24) is 15.1 Å². The monoisotopic (exact) mass is 239 g/mol. The fraction of sp³-hybridized carbons (Fsp3) is 0.667. The molecule has 0 aromatic carbocycles. The van der Waals surface area contributed by atoms with E-state index in [0.717, 1.165) is 6.42 Å². The van der Waals surface area contributed by atoms with Gasteiger partial charge in [0.25, 0.3) is 5.91 Å². The Bertz CT molecular complexity index is 360. The van der Waals surface area contributed by atoms with E-state index in [1.165, 1.54) is 0 Å². The summed E-state index contributed by atoms with van der Waals surface area (Å²) in [5, 5.41) is 15.7. The second kappa shape index (κ2) is 6.39. The Hall–Kier alpha value is -1.36. The van der Waals surface area contributed by atoms with Crippen LogP contribution in [0.1, 0.15) is 50.1 Å². The van der Waals surface area contributed by atoms with Crippen LogP contribution in [0.4, 0.5) is 0 Å². The molecular weight excluding hydrogens is 218 g/mol. The third-order valence-electron chi connectivity index (χ3n) is 2.56. The Kier molecular flexibility index (Phi) is 5.15. The zero-order valence-corrected chi connectivity index (χ0v) is 10.7. The van der Waals surface area contributed by atoms with Gasteiger partial charge in [-0.05, 0) is 39.7 Å². The molecule has 0 bridgehead atoms. The van der Waals surface area contributed by atoms with E-state index in [1.807, 2.05) is 20.8 Å². The topological polar surface area (TPSA) is 67.2 Å². The van der Waals surface area contributed by atoms with Gasteiger partial charge in [-0.3, -0.25) is 9.48 Å². The number of hydrogen-bond acceptors (Lipinski definition) is 3. The predicted octanol–water partition coefficient (Wildman–Crippen LogP) is 1.35. The zero-order chi connectivity index (χ0) is 12.8. The number of aliphatic hydroxyl groups is 1. The zero-order valence-electron chi connectivity index (χ0n) is 10.7. The van der Waals surface area contributed by atoms with E-state index in [4.69, 9.17) is 5.11 Å². The Labute approximate surface area is 102 Å². The third-order valence-corrected chi connectivity index (χ3v) is 2.56. The van der Waals surface area contributed by atoms with Crippen LogP contribution in [0.25, 0.3) is 0 Å². The van der Waals surface area contributed by atoms with Crippen molar-refractivity contribution in [3.05, 3.63) is 18.0 Å². The molecule has 0 aliphatic heterocycles. The molecule has 5 heteroatoms. The van der Waals surface area contributed by atoms with Crippen LogP contribution in [0.15, 0.2) is 12.3 Å². The molecule has 1 aromatic rings. The Morgan fingerprint density at radius 1 is 1.53 bits per heavy atom. The van der Waals surface area contributed by atoms with Crippen LogP contribution in [0.3, 0.4) is 0 Å². The van der Waals surface area contributed by atoms with Gasteiger partial charge in [0.1, 0.15) is 5.69 Å². The first-order valence-electron chi connectivity index (χ1n) is 6.01. The first-order valence-corrected chi connectivity index (χ1v) is 6.01. The van der Waals surface area contributed by atoms with Crippen LogP contribution in [0.5, 0.6) is 0 Å². The molecule has 0 aliphatic carbocycles. The normalized spacial score (nSPS) is 12.8. The molecule has 1 aromatic heterocycles. The number of aromatic nitrogens is 2. The first kappa shape index (κ1) is 13.7. The molecule has 1 heterocycles. The van der Waals surface area contributed by atoms with Crippen molar-refractivity contribution in [2.45, 2.75) is 45.7 Å². The number of carbonyl (C=O) groups excluding carboxylic acids is 1. The van der Waals surface area contributed by atoms with Crippen molar-refractivity contribution >= 4 is 5.91 Å². The van der Waals surface area contributed by atoms with Crippen molar-refractivity contribution in [2.75, 3.05) is 6.61 Å². The maximum Gasteiger partial charge on any atom is 0.269 e. The van der Waals surface area contributed by atoms with Gasteiger partial charge in [-0.15, -0.1) is 0 Å². The van der Waals surface area contributed by atoms with Gasteiger partial charge in [-0.25, -0.2) is 0 Å². The molecule has 0 fully saturated rings. The summed E-state index contributed by atoms with van der Waals surface area (Å²) in [6.45, 7) is 6.06. The molecule has 0 saturated heterocycles. The number of hydrogen-bond donors (Lipinski definition) is 2. The lowest BCUT2D eigenvalue weighted by Crippen LogP contribution is -2.34. The Balaban J connectivity index is 2.60. The number of amides is 1. The molecule has 0 spiro atoms. The summed E-state index contributed by atoms with van der Waals surface area (Å²) < 4.78 is 1.70. The number of carbonyl (C=O) groups is 1. The van der Waals surface area contributed by atoms with Crippen LogP contribution >= 0.6 is 0 Å². The van der Waals surface area contributed by atoms with Crippen molar-refractivity contribution in [3.8, 4) is 0 Å². The standard InChI is InChI=1S/C12H21N3O2/c1-9(2)15-11(6-7-13-15)12(17)14-10(3)5-4-8-16/h6-7,9-10,16H,4-5,8H2,1-3H3,(H,14,17). The molecule has 5 nitrogen and oxygen atoms in total. The molecule has 1 unspecified atom stereocenters. The van der Waals surface area contributed by atoms with Crippen LogP contribution in [-0.4, -0.2) is 33.4 Å². The van der Waals surface area contributed by atoms with Gasteiger partial charge >= 0.3 is 0 Å². The van der Waals surface area contributed by atoms with Gasteiger partial charge in [0.05, 0.1) is 0 Å². The Morgan fingerprint density at radius 3 is 2.82 bits per heavy atom.